The van der Waals surface area contributed by atoms with E-state index in [1.807, 2.05) is 6.92 Å². The number of rotatable bonds is 3. The van der Waals surface area contributed by atoms with Crippen LogP contribution in [0.3, 0.4) is 0 Å². The van der Waals surface area contributed by atoms with Crippen molar-refractivity contribution in [1.82, 2.24) is 10.1 Å². The van der Waals surface area contributed by atoms with Crippen molar-refractivity contribution in [1.29, 1.82) is 0 Å². The van der Waals surface area contributed by atoms with Crippen LogP contribution in [0.15, 0.2) is 22.7 Å². The predicted octanol–water partition coefficient (Wildman–Crippen LogP) is 3.05. The third-order valence-electron chi connectivity index (χ3n) is 2.14. The van der Waals surface area contributed by atoms with E-state index >= 15 is 0 Å². The van der Waals surface area contributed by atoms with Gasteiger partial charge in [-0.25, -0.2) is 0 Å². The summed E-state index contributed by atoms with van der Waals surface area (Å²) in [4.78, 5) is 4.22. The largest absolute Gasteiger partial charge is 0.506 e. The van der Waals surface area contributed by atoms with Gasteiger partial charge in [0.2, 0.25) is 0 Å². The third-order valence-corrected chi connectivity index (χ3v) is 2.44. The van der Waals surface area contributed by atoms with Gasteiger partial charge in [-0.3, -0.25) is 0 Å². The molecule has 2 aromatic rings. The first-order valence-corrected chi connectivity index (χ1v) is 5.40. The van der Waals surface area contributed by atoms with E-state index in [1.54, 1.807) is 12.1 Å². The maximum atomic E-state index is 9.28. The highest BCUT2D eigenvalue weighted by molar-refractivity contribution is 6.32. The van der Waals surface area contributed by atoms with Crippen molar-refractivity contribution in [3.05, 3.63) is 29.0 Å². The van der Waals surface area contributed by atoms with Crippen LogP contribution in [-0.4, -0.2) is 15.2 Å². The van der Waals surface area contributed by atoms with Gasteiger partial charge in [0.1, 0.15) is 5.75 Å². The van der Waals surface area contributed by atoms with E-state index < -0.39 is 0 Å². The molecule has 0 fully saturated rings. The first kappa shape index (κ1) is 11.0. The molecule has 0 amide bonds. The molecule has 0 aliphatic carbocycles. The van der Waals surface area contributed by atoms with Crippen LogP contribution in [-0.2, 0) is 6.42 Å². The van der Waals surface area contributed by atoms with Gasteiger partial charge < -0.3 is 9.63 Å². The van der Waals surface area contributed by atoms with Crippen molar-refractivity contribution in [3.8, 4) is 17.2 Å². The molecule has 0 aliphatic rings. The lowest BCUT2D eigenvalue weighted by Gasteiger charge is -1.97. The van der Waals surface area contributed by atoms with Crippen molar-refractivity contribution < 1.29 is 9.63 Å². The highest BCUT2D eigenvalue weighted by Gasteiger charge is 2.09. The molecule has 2 rings (SSSR count). The van der Waals surface area contributed by atoms with E-state index in [-0.39, 0.29) is 10.8 Å². The van der Waals surface area contributed by atoms with Gasteiger partial charge in [0.05, 0.1) is 5.02 Å². The van der Waals surface area contributed by atoms with Gasteiger partial charge in [-0.2, -0.15) is 4.98 Å². The highest BCUT2D eigenvalue weighted by Crippen LogP contribution is 2.28. The van der Waals surface area contributed by atoms with Crippen molar-refractivity contribution in [2.45, 2.75) is 19.8 Å². The number of hydrogen-bond donors (Lipinski definition) is 1. The van der Waals surface area contributed by atoms with Gasteiger partial charge in [-0.1, -0.05) is 23.7 Å². The maximum absolute atomic E-state index is 9.28. The van der Waals surface area contributed by atoms with Gasteiger partial charge in [0, 0.05) is 12.0 Å². The Morgan fingerprint density at radius 1 is 1.44 bits per heavy atom. The Balaban J connectivity index is 2.31. The second kappa shape index (κ2) is 4.53. The topological polar surface area (TPSA) is 59.2 Å². The monoisotopic (exact) mass is 238 g/mol. The molecule has 1 N–H and O–H groups in total. The highest BCUT2D eigenvalue weighted by atomic mass is 35.5. The number of nitrogens with zero attached hydrogens (tertiary/aromatic N) is 2. The zero-order valence-electron chi connectivity index (χ0n) is 8.77. The number of aryl methyl sites for hydroxylation is 1. The number of aromatic nitrogens is 2. The summed E-state index contributed by atoms with van der Waals surface area (Å²) < 4.78 is 5.10. The van der Waals surface area contributed by atoms with Crippen LogP contribution >= 0.6 is 11.6 Å². The summed E-state index contributed by atoms with van der Waals surface area (Å²) in [6, 6.07) is 4.78. The Morgan fingerprint density at radius 3 is 2.94 bits per heavy atom. The second-order valence-electron chi connectivity index (χ2n) is 3.43. The van der Waals surface area contributed by atoms with E-state index in [0.29, 0.717) is 17.3 Å². The Morgan fingerprint density at radius 2 is 2.25 bits per heavy atom. The van der Waals surface area contributed by atoms with Crippen LogP contribution in [0.5, 0.6) is 5.75 Å². The van der Waals surface area contributed by atoms with Gasteiger partial charge >= 0.3 is 0 Å². The first-order valence-electron chi connectivity index (χ1n) is 5.02. The number of phenolic OH excluding ortho intramolecular Hbond substituents is 1. The molecule has 1 heterocycles. The first-order chi connectivity index (χ1) is 7.70. The molecule has 84 valence electrons. The lowest BCUT2D eigenvalue weighted by Crippen LogP contribution is -1.85. The number of halogens is 1. The van der Waals surface area contributed by atoms with Crippen LogP contribution in [0, 0.1) is 0 Å². The summed E-state index contributed by atoms with van der Waals surface area (Å²) in [5, 5.41) is 13.4. The molecule has 0 atom stereocenters. The molecule has 0 unspecified atom stereocenters. The van der Waals surface area contributed by atoms with Crippen molar-refractivity contribution in [3.63, 3.8) is 0 Å². The lowest BCUT2D eigenvalue weighted by atomic mass is 10.2. The Labute approximate surface area is 97.9 Å². The molecule has 4 nitrogen and oxygen atoms in total. The number of benzene rings is 1. The van der Waals surface area contributed by atoms with Crippen LogP contribution in [0.2, 0.25) is 5.02 Å². The molecule has 0 spiro atoms. The van der Waals surface area contributed by atoms with Crippen LogP contribution in [0.1, 0.15) is 19.2 Å². The summed E-state index contributed by atoms with van der Waals surface area (Å²) in [7, 11) is 0. The van der Waals surface area contributed by atoms with Gasteiger partial charge in [0.25, 0.3) is 5.89 Å². The normalized spacial score (nSPS) is 10.6. The Bertz CT molecular complexity index is 496. The summed E-state index contributed by atoms with van der Waals surface area (Å²) in [5.74, 6) is 1.14. The van der Waals surface area contributed by atoms with Crippen LogP contribution < -0.4 is 0 Å². The quantitative estimate of drug-likeness (QED) is 0.893. The molecule has 0 saturated heterocycles. The lowest BCUT2D eigenvalue weighted by molar-refractivity contribution is 0.422. The second-order valence-corrected chi connectivity index (χ2v) is 3.84. The molecular weight excluding hydrogens is 228 g/mol. The number of hydrogen-bond acceptors (Lipinski definition) is 4. The van der Waals surface area contributed by atoms with E-state index in [9.17, 15) is 5.11 Å². The zero-order chi connectivity index (χ0) is 11.5. The van der Waals surface area contributed by atoms with E-state index in [1.165, 1.54) is 6.07 Å². The molecule has 5 heteroatoms. The molecule has 1 aromatic carbocycles. The summed E-state index contributed by atoms with van der Waals surface area (Å²) >= 11 is 5.79. The predicted molar refractivity (Wildman–Crippen MR) is 60.4 cm³/mol. The molecule has 0 aliphatic heterocycles. The molecule has 0 bridgehead atoms. The molecule has 16 heavy (non-hydrogen) atoms. The van der Waals surface area contributed by atoms with Gasteiger partial charge in [-0.15, -0.1) is 0 Å². The minimum atomic E-state index is 0.0405. The number of phenols is 1. The summed E-state index contributed by atoms with van der Waals surface area (Å²) in [5.41, 5.74) is 0.706. The van der Waals surface area contributed by atoms with E-state index in [2.05, 4.69) is 10.1 Å². The van der Waals surface area contributed by atoms with Crippen LogP contribution in [0.4, 0.5) is 0 Å². The van der Waals surface area contributed by atoms with Crippen molar-refractivity contribution in [2.75, 3.05) is 0 Å². The molecule has 1 aromatic heterocycles. The Kier molecular flexibility index (Phi) is 3.10. The minimum absolute atomic E-state index is 0.0405. The maximum Gasteiger partial charge on any atom is 0.257 e. The third kappa shape index (κ3) is 2.17. The molecule has 0 saturated carbocycles. The number of aromatic hydroxyl groups is 1. The van der Waals surface area contributed by atoms with Gasteiger partial charge in [-0.05, 0) is 24.6 Å². The zero-order valence-corrected chi connectivity index (χ0v) is 9.53. The van der Waals surface area contributed by atoms with E-state index in [0.717, 1.165) is 12.8 Å². The molecule has 0 radical (unpaired) electrons. The van der Waals surface area contributed by atoms with Crippen molar-refractivity contribution in [2.24, 2.45) is 0 Å². The summed E-state index contributed by atoms with van der Waals surface area (Å²) in [6.45, 7) is 2.05. The van der Waals surface area contributed by atoms with Crippen molar-refractivity contribution >= 4 is 11.6 Å². The Hall–Kier alpha value is -1.55. The average molecular weight is 239 g/mol. The molecular formula is C11H11ClN2O2. The smallest absolute Gasteiger partial charge is 0.257 e. The average Bonchev–Trinajstić information content (AvgIpc) is 2.71. The van der Waals surface area contributed by atoms with E-state index in [4.69, 9.17) is 16.1 Å². The fourth-order valence-corrected chi connectivity index (χ4v) is 1.52. The van der Waals surface area contributed by atoms with Crippen LogP contribution in [0.25, 0.3) is 11.5 Å². The fourth-order valence-electron chi connectivity index (χ4n) is 1.34. The minimum Gasteiger partial charge on any atom is -0.506 e. The standard InChI is InChI=1S/C11H11ClN2O2/c1-2-3-10-13-11(16-14-10)7-4-5-9(15)8(12)6-7/h4-6,15H,2-3H2,1H3. The fraction of sp³-hybridized carbons (Fsp3) is 0.273. The van der Waals surface area contributed by atoms with Gasteiger partial charge in [0.15, 0.2) is 5.82 Å². The SMILES string of the molecule is CCCc1noc(-c2ccc(O)c(Cl)c2)n1. The summed E-state index contributed by atoms with van der Waals surface area (Å²) in [6.07, 6.45) is 1.75.